The monoisotopic (exact) mass is 500 g/mol. The van der Waals surface area contributed by atoms with Crippen LogP contribution in [0, 0.1) is 0 Å². The summed E-state index contributed by atoms with van der Waals surface area (Å²) in [5.41, 5.74) is 5.89. The fourth-order valence-corrected chi connectivity index (χ4v) is 5.47. The van der Waals surface area contributed by atoms with Crippen molar-refractivity contribution >= 4 is 23.9 Å². The molecule has 2 aliphatic heterocycles. The number of benzene rings is 2. The molecule has 2 unspecified atom stereocenters. The number of hydrogen-bond donors (Lipinski definition) is 2. The van der Waals surface area contributed by atoms with Gasteiger partial charge in [0.05, 0.1) is 6.04 Å². The molecule has 2 atom stereocenters. The van der Waals surface area contributed by atoms with Crippen molar-refractivity contribution in [2.75, 3.05) is 23.3 Å². The summed E-state index contributed by atoms with van der Waals surface area (Å²) >= 11 is 0. The first kappa shape index (κ1) is 26.4. The van der Waals surface area contributed by atoms with E-state index in [1.807, 2.05) is 23.1 Å². The highest BCUT2D eigenvalue weighted by atomic mass is 16.3. The molecule has 5 rings (SSSR count). The Kier molecular flexibility index (Phi) is 8.90. The number of carboxylic acid groups (broad SMARTS) is 1. The van der Waals surface area contributed by atoms with Gasteiger partial charge in [-0.15, -0.1) is 0 Å². The van der Waals surface area contributed by atoms with Crippen LogP contribution in [0.4, 0.5) is 11.5 Å². The standard InChI is InChI=1S/C29H34N4O.CH2O2/c1-21-18-27(31-29-8-4-5-15-30-29)26-19-25(13-14-28(26)33(21)22(2)34)24-11-9-23(10-12-24)20-32-16-6-3-7-17-32;2-1-3/h4-5,8-15,19,21,27H,3,6-7,16-18,20H2,1-2H3,(H,30,31);1H,(H,2,3). The second-order valence-electron chi connectivity index (χ2n) is 9.80. The number of piperidine rings is 1. The molecule has 2 N–H and O–H groups in total. The second kappa shape index (κ2) is 12.5. The Morgan fingerprint density at radius 2 is 1.76 bits per heavy atom. The maximum absolute atomic E-state index is 12.5. The highest BCUT2D eigenvalue weighted by Gasteiger charge is 2.32. The first-order valence-corrected chi connectivity index (χ1v) is 13.0. The van der Waals surface area contributed by atoms with E-state index >= 15 is 0 Å². The van der Waals surface area contributed by atoms with Crippen molar-refractivity contribution in [2.45, 2.75) is 58.2 Å². The van der Waals surface area contributed by atoms with Crippen LogP contribution in [0.15, 0.2) is 66.9 Å². The minimum atomic E-state index is -0.250. The second-order valence-corrected chi connectivity index (χ2v) is 9.80. The van der Waals surface area contributed by atoms with E-state index in [9.17, 15) is 4.79 Å². The molecule has 37 heavy (non-hydrogen) atoms. The lowest BCUT2D eigenvalue weighted by Crippen LogP contribution is -2.43. The van der Waals surface area contributed by atoms with Crippen molar-refractivity contribution in [1.29, 1.82) is 0 Å². The maximum atomic E-state index is 12.5. The van der Waals surface area contributed by atoms with E-state index < -0.39 is 0 Å². The van der Waals surface area contributed by atoms with E-state index in [0.717, 1.165) is 30.0 Å². The van der Waals surface area contributed by atoms with Gasteiger partial charge in [-0.1, -0.05) is 42.8 Å². The molecule has 2 aromatic carbocycles. The molecule has 0 aliphatic carbocycles. The molecule has 0 spiro atoms. The van der Waals surface area contributed by atoms with E-state index in [1.54, 1.807) is 13.1 Å². The summed E-state index contributed by atoms with van der Waals surface area (Å²) in [4.78, 5) is 29.8. The van der Waals surface area contributed by atoms with E-state index in [0.29, 0.717) is 0 Å². The van der Waals surface area contributed by atoms with Crippen molar-refractivity contribution in [3.8, 4) is 11.1 Å². The van der Waals surface area contributed by atoms with Crippen molar-refractivity contribution < 1.29 is 14.7 Å². The molecular formula is C30H36N4O3. The van der Waals surface area contributed by atoms with Gasteiger partial charge in [0.15, 0.2) is 0 Å². The van der Waals surface area contributed by atoms with E-state index in [2.05, 4.69) is 64.6 Å². The van der Waals surface area contributed by atoms with Gasteiger partial charge < -0.3 is 15.3 Å². The molecule has 0 saturated carbocycles. The molecule has 7 nitrogen and oxygen atoms in total. The van der Waals surface area contributed by atoms with Crippen LogP contribution in [-0.2, 0) is 16.1 Å². The lowest BCUT2D eigenvalue weighted by molar-refractivity contribution is -0.123. The van der Waals surface area contributed by atoms with E-state index in [4.69, 9.17) is 9.90 Å². The van der Waals surface area contributed by atoms with Gasteiger partial charge in [-0.25, -0.2) is 4.98 Å². The van der Waals surface area contributed by atoms with Crippen LogP contribution in [0.3, 0.4) is 0 Å². The zero-order valence-electron chi connectivity index (χ0n) is 21.6. The van der Waals surface area contributed by atoms with Gasteiger partial charge in [0, 0.05) is 31.4 Å². The highest BCUT2D eigenvalue weighted by Crippen LogP contribution is 2.41. The molecule has 3 aromatic rings. The van der Waals surface area contributed by atoms with Crippen LogP contribution < -0.4 is 10.2 Å². The summed E-state index contributed by atoms with van der Waals surface area (Å²) in [5.74, 6) is 0.939. The third-order valence-electron chi connectivity index (χ3n) is 7.15. The van der Waals surface area contributed by atoms with Crippen LogP contribution in [0.25, 0.3) is 11.1 Å². The average molecular weight is 501 g/mol. The normalized spacial score (nSPS) is 19.2. The van der Waals surface area contributed by atoms with Gasteiger partial charge in [0.2, 0.25) is 5.91 Å². The lowest BCUT2D eigenvalue weighted by atomic mass is 9.89. The number of carbonyl (C=O) groups excluding carboxylic acids is 1. The molecule has 0 bridgehead atoms. The molecule has 1 fully saturated rings. The Balaban J connectivity index is 0.00000102. The number of carbonyl (C=O) groups is 2. The van der Waals surface area contributed by atoms with Crippen LogP contribution in [-0.4, -0.2) is 46.5 Å². The molecule has 0 radical (unpaired) electrons. The third-order valence-corrected chi connectivity index (χ3v) is 7.15. The molecule has 2 aliphatic rings. The van der Waals surface area contributed by atoms with Crippen molar-refractivity contribution in [1.82, 2.24) is 9.88 Å². The summed E-state index contributed by atoms with van der Waals surface area (Å²) in [6.45, 7) is 6.98. The highest BCUT2D eigenvalue weighted by molar-refractivity contribution is 5.94. The van der Waals surface area contributed by atoms with Gasteiger partial charge in [-0.2, -0.15) is 0 Å². The summed E-state index contributed by atoms with van der Waals surface area (Å²) in [5, 5.41) is 10.5. The zero-order chi connectivity index (χ0) is 26.2. The number of rotatable bonds is 5. The van der Waals surface area contributed by atoms with E-state index in [1.165, 1.54) is 49.0 Å². The number of pyridine rings is 1. The molecule has 194 valence electrons. The average Bonchev–Trinajstić information content (AvgIpc) is 2.90. The Morgan fingerprint density at radius 1 is 1.05 bits per heavy atom. The minimum absolute atomic E-state index is 0.0832. The molecule has 1 aromatic heterocycles. The summed E-state index contributed by atoms with van der Waals surface area (Å²) < 4.78 is 0. The zero-order valence-corrected chi connectivity index (χ0v) is 21.6. The molecule has 7 heteroatoms. The lowest BCUT2D eigenvalue weighted by Gasteiger charge is -2.39. The Labute approximate surface area is 219 Å². The first-order chi connectivity index (χ1) is 18.0. The van der Waals surface area contributed by atoms with Crippen LogP contribution in [0.5, 0.6) is 0 Å². The van der Waals surface area contributed by atoms with E-state index in [-0.39, 0.29) is 24.5 Å². The number of nitrogens with one attached hydrogen (secondary N) is 1. The number of fused-ring (bicyclic) bond motifs is 1. The quantitative estimate of drug-likeness (QED) is 0.435. The smallest absolute Gasteiger partial charge is 0.290 e. The van der Waals surface area contributed by atoms with Crippen molar-refractivity contribution in [2.24, 2.45) is 0 Å². The van der Waals surface area contributed by atoms with Gasteiger partial charge in [0.1, 0.15) is 5.82 Å². The number of likely N-dealkylation sites (tertiary alicyclic amines) is 1. The molecule has 1 amide bonds. The largest absolute Gasteiger partial charge is 0.483 e. The SMILES string of the molecule is CC(=O)N1c2ccc(-c3ccc(CN4CCCCC4)cc3)cc2C(Nc2ccccn2)CC1C.O=CO. The van der Waals surface area contributed by atoms with Crippen molar-refractivity contribution in [3.05, 3.63) is 78.0 Å². The Morgan fingerprint density at radius 3 is 2.41 bits per heavy atom. The molecule has 1 saturated heterocycles. The summed E-state index contributed by atoms with van der Waals surface area (Å²) in [7, 11) is 0. The van der Waals surface area contributed by atoms with Gasteiger partial charge in [-0.05, 0) is 85.8 Å². The number of aromatic nitrogens is 1. The molecular weight excluding hydrogens is 464 g/mol. The van der Waals surface area contributed by atoms with Gasteiger partial charge >= 0.3 is 0 Å². The topological polar surface area (TPSA) is 85.8 Å². The fourth-order valence-electron chi connectivity index (χ4n) is 5.47. The predicted octanol–water partition coefficient (Wildman–Crippen LogP) is 5.73. The van der Waals surface area contributed by atoms with Gasteiger partial charge in [0.25, 0.3) is 6.47 Å². The Hall–Kier alpha value is -3.71. The predicted molar refractivity (Wildman–Crippen MR) is 148 cm³/mol. The summed E-state index contributed by atoms with van der Waals surface area (Å²) in [6.07, 6.45) is 6.64. The number of nitrogens with zero attached hydrogens (tertiary/aromatic N) is 3. The minimum Gasteiger partial charge on any atom is -0.483 e. The summed E-state index contributed by atoms with van der Waals surface area (Å²) in [6, 6.07) is 21.6. The fraction of sp³-hybridized carbons (Fsp3) is 0.367. The van der Waals surface area contributed by atoms with Gasteiger partial charge in [-0.3, -0.25) is 14.5 Å². The number of amides is 1. The number of hydrogen-bond acceptors (Lipinski definition) is 5. The Bertz CT molecular complexity index is 1180. The van der Waals surface area contributed by atoms with Crippen LogP contribution in [0.2, 0.25) is 0 Å². The molecule has 3 heterocycles. The number of anilines is 2. The van der Waals surface area contributed by atoms with Crippen LogP contribution >= 0.6 is 0 Å². The maximum Gasteiger partial charge on any atom is 0.290 e. The van der Waals surface area contributed by atoms with Crippen molar-refractivity contribution in [3.63, 3.8) is 0 Å². The first-order valence-electron chi connectivity index (χ1n) is 13.0. The third kappa shape index (κ3) is 6.54. The van der Waals surface area contributed by atoms with Crippen LogP contribution in [0.1, 0.15) is 56.7 Å².